The van der Waals surface area contributed by atoms with E-state index in [1.165, 1.54) is 12.1 Å². The smallest absolute Gasteiger partial charge is 0.123 e. The van der Waals surface area contributed by atoms with Crippen molar-refractivity contribution in [3.8, 4) is 11.5 Å². The van der Waals surface area contributed by atoms with Crippen molar-refractivity contribution < 1.29 is 14.6 Å². The van der Waals surface area contributed by atoms with Crippen LogP contribution in [-0.2, 0) is 5.41 Å². The number of halogens is 1. The van der Waals surface area contributed by atoms with Gasteiger partial charge in [0.25, 0.3) is 0 Å². The first-order chi connectivity index (χ1) is 11.3. The van der Waals surface area contributed by atoms with Crippen LogP contribution < -0.4 is 0 Å². The third-order valence-electron chi connectivity index (χ3n) is 4.87. The van der Waals surface area contributed by atoms with Crippen LogP contribution in [0.2, 0.25) is 0 Å². The summed E-state index contributed by atoms with van der Waals surface area (Å²) in [6, 6.07) is 11.5. The number of aromatic hydroxyl groups is 2. The van der Waals surface area contributed by atoms with Crippen LogP contribution in [0.3, 0.4) is 0 Å². The Balaban J connectivity index is 2.43. The highest BCUT2D eigenvalue weighted by Crippen LogP contribution is 2.43. The van der Waals surface area contributed by atoms with Gasteiger partial charge in [0.15, 0.2) is 0 Å². The van der Waals surface area contributed by atoms with Gasteiger partial charge < -0.3 is 10.2 Å². The molecule has 0 fully saturated rings. The minimum atomic E-state index is -0.349. The molecule has 24 heavy (non-hydrogen) atoms. The monoisotopic (exact) mass is 330 g/mol. The Hall–Kier alpha value is -2.03. The first-order valence-electron chi connectivity index (χ1n) is 8.63. The number of benzene rings is 2. The minimum Gasteiger partial charge on any atom is -0.508 e. The highest BCUT2D eigenvalue weighted by molar-refractivity contribution is 5.42. The molecule has 3 heteroatoms. The van der Waals surface area contributed by atoms with Gasteiger partial charge in [0.2, 0.25) is 0 Å². The van der Waals surface area contributed by atoms with E-state index >= 15 is 0 Å². The lowest BCUT2D eigenvalue weighted by molar-refractivity contribution is 0.371. The van der Waals surface area contributed by atoms with E-state index in [-0.39, 0.29) is 28.6 Å². The molecule has 0 radical (unpaired) electrons. The first kappa shape index (κ1) is 18.3. The van der Waals surface area contributed by atoms with Gasteiger partial charge in [-0.3, -0.25) is 0 Å². The molecule has 0 bridgehead atoms. The van der Waals surface area contributed by atoms with Gasteiger partial charge in [0.1, 0.15) is 17.3 Å². The van der Waals surface area contributed by atoms with E-state index in [0.717, 1.165) is 36.8 Å². The molecule has 0 aliphatic carbocycles. The Morgan fingerprint density at radius 3 is 2.25 bits per heavy atom. The Morgan fingerprint density at radius 2 is 1.67 bits per heavy atom. The molecule has 0 unspecified atom stereocenters. The fraction of sp³-hybridized carbons (Fsp3) is 0.429. The zero-order chi connectivity index (χ0) is 17.7. The second-order valence-electron chi connectivity index (χ2n) is 7.06. The molecule has 2 N–H and O–H groups in total. The molecule has 2 rings (SSSR count). The van der Waals surface area contributed by atoms with Crippen molar-refractivity contribution in [1.29, 1.82) is 0 Å². The lowest BCUT2D eigenvalue weighted by Crippen LogP contribution is -2.27. The minimum absolute atomic E-state index is 0.0459. The maximum absolute atomic E-state index is 13.8. The second-order valence-corrected chi connectivity index (χ2v) is 7.06. The van der Waals surface area contributed by atoms with Crippen LogP contribution in [0, 0.1) is 5.82 Å². The molecule has 0 aromatic heterocycles. The standard InChI is InChI=1S/C21H27FO2/c1-4-5-6-10-20(15-8-7-9-17(22)11-15)21(2,3)16-12-18(23)14-19(24)13-16/h7-9,11-14,20,23-24H,4-6,10H2,1-3H3/t20-/m1/s1. The summed E-state index contributed by atoms with van der Waals surface area (Å²) in [7, 11) is 0. The van der Waals surface area contributed by atoms with E-state index in [9.17, 15) is 14.6 Å². The van der Waals surface area contributed by atoms with Gasteiger partial charge in [0.05, 0.1) is 0 Å². The van der Waals surface area contributed by atoms with Crippen LogP contribution in [0.25, 0.3) is 0 Å². The lowest BCUT2D eigenvalue weighted by atomic mass is 9.68. The van der Waals surface area contributed by atoms with E-state index in [1.54, 1.807) is 24.3 Å². The molecule has 2 nitrogen and oxygen atoms in total. The summed E-state index contributed by atoms with van der Waals surface area (Å²) in [6.45, 7) is 6.33. The summed E-state index contributed by atoms with van der Waals surface area (Å²) < 4.78 is 13.8. The van der Waals surface area contributed by atoms with Crippen molar-refractivity contribution in [3.63, 3.8) is 0 Å². The van der Waals surface area contributed by atoms with Crippen LogP contribution >= 0.6 is 0 Å². The Kier molecular flexibility index (Phi) is 5.87. The second kappa shape index (κ2) is 7.69. The maximum atomic E-state index is 13.8. The van der Waals surface area contributed by atoms with Crippen molar-refractivity contribution in [1.82, 2.24) is 0 Å². The number of unbranched alkanes of at least 4 members (excludes halogenated alkanes) is 2. The molecule has 0 saturated heterocycles. The average molecular weight is 330 g/mol. The summed E-state index contributed by atoms with van der Waals surface area (Å²) in [6.07, 6.45) is 4.25. The molecule has 130 valence electrons. The number of phenolic OH excluding ortho intramolecular Hbond substituents is 2. The van der Waals surface area contributed by atoms with Crippen LogP contribution in [0.1, 0.15) is 63.5 Å². The highest BCUT2D eigenvalue weighted by atomic mass is 19.1. The third-order valence-corrected chi connectivity index (χ3v) is 4.87. The maximum Gasteiger partial charge on any atom is 0.123 e. The van der Waals surface area contributed by atoms with Gasteiger partial charge in [-0.1, -0.05) is 52.2 Å². The van der Waals surface area contributed by atoms with E-state index in [0.29, 0.717) is 0 Å². The van der Waals surface area contributed by atoms with Gasteiger partial charge in [-0.25, -0.2) is 4.39 Å². The van der Waals surface area contributed by atoms with E-state index in [4.69, 9.17) is 0 Å². The van der Waals surface area contributed by atoms with E-state index in [2.05, 4.69) is 20.8 Å². The number of hydrogen-bond donors (Lipinski definition) is 2. The van der Waals surface area contributed by atoms with Gasteiger partial charge in [0, 0.05) is 6.07 Å². The largest absolute Gasteiger partial charge is 0.508 e. The molecule has 0 saturated carbocycles. The summed E-state index contributed by atoms with van der Waals surface area (Å²) in [5, 5.41) is 19.7. The van der Waals surface area contributed by atoms with Crippen molar-refractivity contribution in [2.45, 2.75) is 57.8 Å². The molecule has 2 aromatic rings. The molecule has 0 aliphatic rings. The molecular formula is C21H27FO2. The van der Waals surface area contributed by atoms with Gasteiger partial charge in [-0.05, 0) is 53.1 Å². The van der Waals surface area contributed by atoms with Crippen LogP contribution in [0.5, 0.6) is 11.5 Å². The van der Waals surface area contributed by atoms with E-state index < -0.39 is 0 Å². The summed E-state index contributed by atoms with van der Waals surface area (Å²) >= 11 is 0. The molecule has 0 amide bonds. The predicted molar refractivity (Wildman–Crippen MR) is 96.1 cm³/mol. The van der Waals surface area contributed by atoms with Crippen molar-refractivity contribution in [3.05, 3.63) is 59.4 Å². The van der Waals surface area contributed by atoms with Crippen molar-refractivity contribution in [2.24, 2.45) is 0 Å². The van der Waals surface area contributed by atoms with Crippen LogP contribution in [0.4, 0.5) is 4.39 Å². The molecular weight excluding hydrogens is 303 g/mol. The topological polar surface area (TPSA) is 40.5 Å². The average Bonchev–Trinajstić information content (AvgIpc) is 2.50. The summed E-state index contributed by atoms with van der Waals surface area (Å²) in [4.78, 5) is 0. The number of phenols is 2. The SMILES string of the molecule is CCCCC[C@H](c1cccc(F)c1)C(C)(C)c1cc(O)cc(O)c1. The van der Waals surface area contributed by atoms with Gasteiger partial charge >= 0.3 is 0 Å². The normalized spacial score (nSPS) is 13.0. The Morgan fingerprint density at radius 1 is 1.00 bits per heavy atom. The van der Waals surface area contributed by atoms with E-state index in [1.807, 2.05) is 6.07 Å². The van der Waals surface area contributed by atoms with Crippen LogP contribution in [0.15, 0.2) is 42.5 Å². The summed E-state index contributed by atoms with van der Waals surface area (Å²) in [5.74, 6) is -0.0438. The predicted octanol–water partition coefficient (Wildman–Crippen LogP) is 5.88. The van der Waals surface area contributed by atoms with Crippen LogP contribution in [-0.4, -0.2) is 10.2 Å². The fourth-order valence-corrected chi connectivity index (χ4v) is 3.43. The molecule has 0 heterocycles. The molecule has 2 aromatic carbocycles. The van der Waals surface area contributed by atoms with Crippen molar-refractivity contribution in [2.75, 3.05) is 0 Å². The quantitative estimate of drug-likeness (QED) is 0.622. The number of rotatable bonds is 7. The molecule has 0 spiro atoms. The fourth-order valence-electron chi connectivity index (χ4n) is 3.43. The lowest BCUT2D eigenvalue weighted by Gasteiger charge is -2.36. The van der Waals surface area contributed by atoms with Gasteiger partial charge in [-0.2, -0.15) is 0 Å². The molecule has 0 aliphatic heterocycles. The third kappa shape index (κ3) is 4.28. The zero-order valence-corrected chi connectivity index (χ0v) is 14.7. The Bertz CT molecular complexity index is 659. The molecule has 1 atom stereocenters. The highest BCUT2D eigenvalue weighted by Gasteiger charge is 2.33. The summed E-state index contributed by atoms with van der Waals surface area (Å²) in [5.41, 5.74) is 1.46. The van der Waals surface area contributed by atoms with Gasteiger partial charge in [-0.15, -0.1) is 0 Å². The number of hydrogen-bond acceptors (Lipinski definition) is 2. The first-order valence-corrected chi connectivity index (χ1v) is 8.63. The Labute approximate surface area is 144 Å². The zero-order valence-electron chi connectivity index (χ0n) is 14.7. The van der Waals surface area contributed by atoms with Crippen molar-refractivity contribution >= 4 is 0 Å².